The summed E-state index contributed by atoms with van der Waals surface area (Å²) in [6.45, 7) is 5.05. The van der Waals surface area contributed by atoms with Crippen LogP contribution < -0.4 is 0 Å². The predicted molar refractivity (Wildman–Crippen MR) is 155 cm³/mol. The maximum atomic E-state index is 13.4. The number of hydrogen-bond acceptors (Lipinski definition) is 6. The number of amides is 1. The van der Waals surface area contributed by atoms with Crippen LogP contribution in [0.15, 0.2) is 98.6 Å². The van der Waals surface area contributed by atoms with Crippen molar-refractivity contribution in [2.75, 3.05) is 39.4 Å². The minimum atomic E-state index is 0.0151. The third kappa shape index (κ3) is 7.27. The molecule has 2 aliphatic rings. The van der Waals surface area contributed by atoms with Crippen molar-refractivity contribution in [3.05, 3.63) is 94.4 Å². The average Bonchev–Trinajstić information content (AvgIpc) is 3.21. The first kappa shape index (κ1) is 26.1. The van der Waals surface area contributed by atoms with Crippen LogP contribution in [-0.4, -0.2) is 60.3 Å². The zero-order valence-electron chi connectivity index (χ0n) is 20.4. The number of para-hydroxylation sites is 1. The summed E-state index contributed by atoms with van der Waals surface area (Å²) in [6.07, 6.45) is 2.86. The molecule has 0 bridgehead atoms. The van der Waals surface area contributed by atoms with E-state index in [4.69, 9.17) is 21.3 Å². The molecule has 0 N–H and O–H groups in total. The Labute approximate surface area is 231 Å². The van der Waals surface area contributed by atoms with Crippen LogP contribution in [0.3, 0.4) is 0 Å². The maximum absolute atomic E-state index is 13.4. The third-order valence-electron chi connectivity index (χ3n) is 6.06. The van der Waals surface area contributed by atoms with Crippen molar-refractivity contribution < 1.29 is 9.53 Å². The van der Waals surface area contributed by atoms with Crippen LogP contribution in [-0.2, 0) is 9.53 Å². The first-order valence-electron chi connectivity index (χ1n) is 12.3. The number of thioether (sulfide) groups is 1. The molecule has 3 aromatic rings. The van der Waals surface area contributed by atoms with E-state index >= 15 is 0 Å². The lowest BCUT2D eigenvalue weighted by Crippen LogP contribution is -2.38. The Hall–Kier alpha value is -2.55. The Balaban J connectivity index is 1.29. The van der Waals surface area contributed by atoms with Gasteiger partial charge in [0.2, 0.25) is 0 Å². The zero-order chi connectivity index (χ0) is 25.5. The fourth-order valence-electron chi connectivity index (χ4n) is 4.10. The first-order valence-corrected chi connectivity index (χ1v) is 14.3. The van der Waals surface area contributed by atoms with Crippen molar-refractivity contribution in [2.45, 2.75) is 16.2 Å². The van der Waals surface area contributed by atoms with Gasteiger partial charge in [-0.15, -0.1) is 0 Å². The van der Waals surface area contributed by atoms with E-state index in [9.17, 15) is 4.79 Å². The van der Waals surface area contributed by atoms with Crippen molar-refractivity contribution in [3.63, 3.8) is 0 Å². The molecule has 8 heteroatoms. The van der Waals surface area contributed by atoms with Gasteiger partial charge in [-0.1, -0.05) is 53.7 Å². The minimum absolute atomic E-state index is 0.0151. The summed E-state index contributed by atoms with van der Waals surface area (Å²) in [5.74, 6) is 0.0151. The number of amidine groups is 1. The highest BCUT2D eigenvalue weighted by molar-refractivity contribution is 8.18. The maximum Gasteiger partial charge on any atom is 0.266 e. The molecule has 1 amide bonds. The second-order valence-corrected chi connectivity index (χ2v) is 11.3. The van der Waals surface area contributed by atoms with Crippen molar-refractivity contribution in [3.8, 4) is 0 Å². The zero-order valence-corrected chi connectivity index (χ0v) is 22.8. The van der Waals surface area contributed by atoms with E-state index < -0.39 is 0 Å². The van der Waals surface area contributed by atoms with Crippen molar-refractivity contribution in [1.29, 1.82) is 0 Å². The van der Waals surface area contributed by atoms with Gasteiger partial charge in [-0.3, -0.25) is 14.6 Å². The molecular formula is C29H28ClN3O2S2. The standard InChI is InChI=1S/C29H28ClN3O2S2/c30-23-9-13-26(14-10-23)36-25-11-7-22(8-12-25)21-27-28(34)33(16-4-15-32-17-19-35-20-18-32)29(37-27)31-24-5-2-1-3-6-24/h1-3,5-14,21H,4,15-20H2/b27-21-,31-29?. The van der Waals surface area contributed by atoms with E-state index in [1.54, 1.807) is 11.8 Å². The molecule has 190 valence electrons. The summed E-state index contributed by atoms with van der Waals surface area (Å²) in [5, 5.41) is 1.47. The lowest BCUT2D eigenvalue weighted by Gasteiger charge is -2.27. The Morgan fingerprint density at radius 3 is 2.30 bits per heavy atom. The van der Waals surface area contributed by atoms with Gasteiger partial charge in [-0.05, 0) is 78.4 Å². The van der Waals surface area contributed by atoms with Crippen LogP contribution >= 0.6 is 35.1 Å². The molecule has 37 heavy (non-hydrogen) atoms. The smallest absolute Gasteiger partial charge is 0.266 e. The third-order valence-corrected chi connectivity index (χ3v) is 8.33. The van der Waals surface area contributed by atoms with Crippen LogP contribution in [0.4, 0.5) is 5.69 Å². The number of nitrogens with zero attached hydrogens (tertiary/aromatic N) is 3. The molecule has 2 saturated heterocycles. The number of rotatable bonds is 8. The van der Waals surface area contributed by atoms with Crippen LogP contribution in [0, 0.1) is 0 Å². The summed E-state index contributed by atoms with van der Waals surface area (Å²) < 4.78 is 5.45. The molecule has 0 aliphatic carbocycles. The molecule has 3 aromatic carbocycles. The largest absolute Gasteiger partial charge is 0.379 e. The highest BCUT2D eigenvalue weighted by Crippen LogP contribution is 2.35. The second kappa shape index (κ2) is 12.8. The Morgan fingerprint density at radius 2 is 1.59 bits per heavy atom. The Kier molecular flexibility index (Phi) is 9.02. The molecule has 0 spiro atoms. The molecule has 2 fully saturated rings. The highest BCUT2D eigenvalue weighted by Gasteiger charge is 2.33. The van der Waals surface area contributed by atoms with E-state index in [1.165, 1.54) is 11.8 Å². The summed E-state index contributed by atoms with van der Waals surface area (Å²) >= 11 is 9.12. The fraction of sp³-hybridized carbons (Fsp3) is 0.241. The molecule has 0 radical (unpaired) electrons. The van der Waals surface area contributed by atoms with Gasteiger partial charge in [-0.2, -0.15) is 0 Å². The topological polar surface area (TPSA) is 45.1 Å². The number of halogens is 1. The molecule has 0 atom stereocenters. The number of carbonyl (C=O) groups excluding carboxylic acids is 1. The normalized spacial score (nSPS) is 18.7. The first-order chi connectivity index (χ1) is 18.1. The van der Waals surface area contributed by atoms with Crippen molar-refractivity contribution in [1.82, 2.24) is 9.80 Å². The van der Waals surface area contributed by atoms with Gasteiger partial charge in [0.05, 0.1) is 23.8 Å². The predicted octanol–water partition coefficient (Wildman–Crippen LogP) is 6.82. The van der Waals surface area contributed by atoms with E-state index in [-0.39, 0.29) is 5.91 Å². The van der Waals surface area contributed by atoms with Gasteiger partial charge in [0.25, 0.3) is 5.91 Å². The number of hydrogen-bond donors (Lipinski definition) is 0. The van der Waals surface area contributed by atoms with Gasteiger partial charge in [-0.25, -0.2) is 4.99 Å². The molecule has 0 unspecified atom stereocenters. The lowest BCUT2D eigenvalue weighted by atomic mass is 10.2. The lowest BCUT2D eigenvalue weighted by molar-refractivity contribution is -0.122. The van der Waals surface area contributed by atoms with E-state index in [2.05, 4.69) is 17.0 Å². The van der Waals surface area contributed by atoms with E-state index in [0.717, 1.165) is 70.5 Å². The summed E-state index contributed by atoms with van der Waals surface area (Å²) in [7, 11) is 0. The number of morpholine rings is 1. The number of benzene rings is 3. The van der Waals surface area contributed by atoms with Crippen LogP contribution in [0.25, 0.3) is 6.08 Å². The Morgan fingerprint density at radius 1 is 0.919 bits per heavy atom. The van der Waals surface area contributed by atoms with Gasteiger partial charge in [0.1, 0.15) is 0 Å². The molecule has 2 aliphatic heterocycles. The number of carbonyl (C=O) groups is 1. The number of aliphatic imine (C=N–C) groups is 1. The van der Waals surface area contributed by atoms with Gasteiger partial charge < -0.3 is 4.74 Å². The monoisotopic (exact) mass is 549 g/mol. The Bertz CT molecular complexity index is 1260. The average molecular weight is 550 g/mol. The molecule has 2 heterocycles. The van der Waals surface area contributed by atoms with Crippen LogP contribution in [0.1, 0.15) is 12.0 Å². The van der Waals surface area contributed by atoms with Gasteiger partial charge >= 0.3 is 0 Å². The minimum Gasteiger partial charge on any atom is -0.379 e. The van der Waals surface area contributed by atoms with E-state index in [0.29, 0.717) is 11.4 Å². The molecule has 0 aromatic heterocycles. The fourth-order valence-corrected chi connectivity index (χ4v) is 6.07. The summed E-state index contributed by atoms with van der Waals surface area (Å²) in [4.78, 5) is 25.4. The van der Waals surface area contributed by atoms with Crippen molar-refractivity contribution in [2.24, 2.45) is 4.99 Å². The molecule has 0 saturated carbocycles. The summed E-state index contributed by atoms with van der Waals surface area (Å²) in [5.41, 5.74) is 1.84. The van der Waals surface area contributed by atoms with E-state index in [1.807, 2.05) is 77.7 Å². The van der Waals surface area contributed by atoms with Gasteiger partial charge in [0, 0.05) is 41.0 Å². The van der Waals surface area contributed by atoms with Gasteiger partial charge in [0.15, 0.2) is 5.17 Å². The summed E-state index contributed by atoms with van der Waals surface area (Å²) in [6, 6.07) is 25.9. The van der Waals surface area contributed by atoms with Crippen LogP contribution in [0.2, 0.25) is 5.02 Å². The molecule has 5 rings (SSSR count). The quantitative estimate of drug-likeness (QED) is 0.289. The van der Waals surface area contributed by atoms with Crippen LogP contribution in [0.5, 0.6) is 0 Å². The molecule has 5 nitrogen and oxygen atoms in total. The SMILES string of the molecule is O=C1/C(=C/c2ccc(Sc3ccc(Cl)cc3)cc2)SC(=Nc2ccccc2)N1CCCN1CCOCC1. The number of ether oxygens (including phenoxy) is 1. The highest BCUT2D eigenvalue weighted by atomic mass is 35.5. The van der Waals surface area contributed by atoms with Crippen molar-refractivity contribution >= 4 is 58.0 Å². The molecular weight excluding hydrogens is 522 g/mol. The second-order valence-electron chi connectivity index (χ2n) is 8.73.